The van der Waals surface area contributed by atoms with Gasteiger partial charge >= 0.3 is 0 Å². The molecule has 9 heteroatoms. The number of rotatable bonds is 6. The number of nitrogens with one attached hydrogen (secondary N) is 2. The van der Waals surface area contributed by atoms with E-state index in [4.69, 9.17) is 9.15 Å². The van der Waals surface area contributed by atoms with Crippen LogP contribution >= 0.6 is 0 Å². The van der Waals surface area contributed by atoms with Crippen molar-refractivity contribution in [2.75, 3.05) is 20.2 Å². The number of halogens is 1. The number of aromatic amines is 1. The number of carbonyl (C=O) groups excluding carboxylic acids is 1. The highest BCUT2D eigenvalue weighted by molar-refractivity contribution is 6.02. The summed E-state index contributed by atoms with van der Waals surface area (Å²) in [4.78, 5) is 19.8. The molecule has 194 valence electrons. The number of carbonyl (C=O) groups is 1. The summed E-state index contributed by atoms with van der Waals surface area (Å²) < 4.78 is 25.5. The number of aryl methyl sites for hydroxylation is 1. The van der Waals surface area contributed by atoms with Crippen molar-refractivity contribution in [3.8, 4) is 17.0 Å². The smallest absolute Gasteiger partial charge is 0.251 e. The lowest BCUT2D eigenvalue weighted by Crippen LogP contribution is -2.47. The van der Waals surface area contributed by atoms with Crippen LogP contribution in [-0.4, -0.2) is 52.2 Å². The number of hydrogen-bond donors (Lipinski definition) is 2. The first kappa shape index (κ1) is 24.1. The Morgan fingerprint density at radius 2 is 2.13 bits per heavy atom. The number of likely N-dealkylation sites (tertiary alicyclic amines) is 1. The Kier molecular flexibility index (Phi) is 6.29. The van der Waals surface area contributed by atoms with Gasteiger partial charge in [0.25, 0.3) is 5.91 Å². The van der Waals surface area contributed by atoms with E-state index in [-0.39, 0.29) is 17.8 Å². The number of aromatic nitrogens is 3. The molecule has 0 saturated carbocycles. The first-order valence-electron chi connectivity index (χ1n) is 12.7. The molecule has 2 N–H and O–H groups in total. The van der Waals surface area contributed by atoms with E-state index in [2.05, 4.69) is 25.4 Å². The van der Waals surface area contributed by atoms with Crippen LogP contribution in [0.1, 0.15) is 34.7 Å². The predicted molar refractivity (Wildman–Crippen MR) is 143 cm³/mol. The van der Waals surface area contributed by atoms with Crippen molar-refractivity contribution >= 4 is 27.9 Å². The standard InChI is InChI=1S/C29H28FN5O3/c1-17-31-25-11-8-18(14-27(25)38-17)28-21-13-19(9-10-24(21)33-34-28)29(36)32-20-5-4-12-35(15-20)16-22-23(30)6-3-7-26(22)37-2/h3,6-11,13-14,20H,4-5,12,15-16H2,1-2H3,(H,32,36)(H,33,34)/t20-/m1/s1. The summed E-state index contributed by atoms with van der Waals surface area (Å²) in [5, 5.41) is 11.6. The van der Waals surface area contributed by atoms with Gasteiger partial charge in [-0.2, -0.15) is 5.10 Å². The van der Waals surface area contributed by atoms with E-state index in [9.17, 15) is 9.18 Å². The molecule has 1 atom stereocenters. The molecule has 6 rings (SSSR count). The molecule has 8 nitrogen and oxygen atoms in total. The highest BCUT2D eigenvalue weighted by Crippen LogP contribution is 2.30. The average molecular weight is 514 g/mol. The summed E-state index contributed by atoms with van der Waals surface area (Å²) in [6.45, 7) is 3.72. The fraction of sp³-hybridized carbons (Fsp3) is 0.276. The normalized spacial score (nSPS) is 16.2. The molecule has 1 aliphatic rings. The number of fused-ring (bicyclic) bond motifs is 2. The van der Waals surface area contributed by atoms with Crippen LogP contribution in [0.25, 0.3) is 33.3 Å². The fourth-order valence-electron chi connectivity index (χ4n) is 5.26. The van der Waals surface area contributed by atoms with Gasteiger partial charge in [0, 0.05) is 48.1 Å². The second kappa shape index (κ2) is 9.90. The van der Waals surface area contributed by atoms with E-state index in [1.807, 2.05) is 37.3 Å². The van der Waals surface area contributed by atoms with Gasteiger partial charge in [0.1, 0.15) is 22.8 Å². The average Bonchev–Trinajstić information content (AvgIpc) is 3.51. The maximum absolute atomic E-state index is 14.5. The molecule has 0 aliphatic carbocycles. The molecule has 1 fully saturated rings. The highest BCUT2D eigenvalue weighted by Gasteiger charge is 2.24. The number of amides is 1. The van der Waals surface area contributed by atoms with Crippen LogP contribution in [0.3, 0.4) is 0 Å². The summed E-state index contributed by atoms with van der Waals surface area (Å²) in [5.41, 5.74) is 5.05. The SMILES string of the molecule is COc1cccc(F)c1CN1CCC[C@@H](NC(=O)c2ccc3[nH]nc(-c4ccc5nc(C)oc5c4)c3c2)C1. The topological polar surface area (TPSA) is 96.3 Å². The highest BCUT2D eigenvalue weighted by atomic mass is 19.1. The molecule has 0 radical (unpaired) electrons. The molecule has 1 saturated heterocycles. The number of piperidine rings is 1. The molecule has 1 amide bonds. The Hall–Kier alpha value is -4.24. The van der Waals surface area contributed by atoms with E-state index >= 15 is 0 Å². The summed E-state index contributed by atoms with van der Waals surface area (Å²) in [7, 11) is 1.55. The van der Waals surface area contributed by atoms with E-state index in [1.54, 1.807) is 25.3 Å². The zero-order valence-corrected chi connectivity index (χ0v) is 21.3. The summed E-state index contributed by atoms with van der Waals surface area (Å²) in [5.74, 6) is 0.725. The van der Waals surface area contributed by atoms with Crippen molar-refractivity contribution in [3.05, 3.63) is 77.4 Å². The van der Waals surface area contributed by atoms with Crippen LogP contribution in [-0.2, 0) is 6.54 Å². The number of benzene rings is 3. The quantitative estimate of drug-likeness (QED) is 0.323. The monoisotopic (exact) mass is 513 g/mol. The molecule has 2 aromatic heterocycles. The Balaban J connectivity index is 1.19. The second-order valence-corrected chi connectivity index (χ2v) is 9.72. The van der Waals surface area contributed by atoms with Gasteiger partial charge in [-0.25, -0.2) is 9.37 Å². The first-order chi connectivity index (χ1) is 18.5. The molecule has 3 aromatic carbocycles. The summed E-state index contributed by atoms with van der Waals surface area (Å²) >= 11 is 0. The molecule has 0 bridgehead atoms. The number of oxazole rings is 1. The van der Waals surface area contributed by atoms with Gasteiger partial charge < -0.3 is 14.5 Å². The molecule has 5 aromatic rings. The Labute approximate surface area is 218 Å². The fourth-order valence-corrected chi connectivity index (χ4v) is 5.26. The van der Waals surface area contributed by atoms with Crippen molar-refractivity contribution in [1.82, 2.24) is 25.4 Å². The van der Waals surface area contributed by atoms with Gasteiger partial charge in [-0.1, -0.05) is 12.1 Å². The van der Waals surface area contributed by atoms with Crippen LogP contribution < -0.4 is 10.1 Å². The minimum Gasteiger partial charge on any atom is -0.496 e. The van der Waals surface area contributed by atoms with Gasteiger partial charge in [0.2, 0.25) is 0 Å². The molecule has 1 aliphatic heterocycles. The zero-order valence-electron chi connectivity index (χ0n) is 21.3. The van der Waals surface area contributed by atoms with Gasteiger partial charge in [0.15, 0.2) is 11.5 Å². The minimum absolute atomic E-state index is 0.0364. The van der Waals surface area contributed by atoms with Crippen molar-refractivity contribution in [2.45, 2.75) is 32.4 Å². The van der Waals surface area contributed by atoms with Gasteiger partial charge in [0.05, 0.1) is 12.6 Å². The lowest BCUT2D eigenvalue weighted by Gasteiger charge is -2.33. The van der Waals surface area contributed by atoms with Crippen LogP contribution in [0, 0.1) is 12.7 Å². The third-order valence-electron chi connectivity index (χ3n) is 7.11. The van der Waals surface area contributed by atoms with Crippen molar-refractivity contribution in [3.63, 3.8) is 0 Å². The number of H-pyrrole nitrogens is 1. The molecule has 0 spiro atoms. The number of methoxy groups -OCH3 is 1. The van der Waals surface area contributed by atoms with Gasteiger partial charge in [-0.05, 0) is 61.9 Å². The second-order valence-electron chi connectivity index (χ2n) is 9.72. The Morgan fingerprint density at radius 3 is 3.00 bits per heavy atom. The third kappa shape index (κ3) is 4.61. The van der Waals surface area contributed by atoms with Gasteiger partial charge in [-0.15, -0.1) is 0 Å². The summed E-state index contributed by atoms with van der Waals surface area (Å²) in [6, 6.07) is 16.1. The minimum atomic E-state index is -0.280. The van der Waals surface area contributed by atoms with Crippen LogP contribution in [0.2, 0.25) is 0 Å². The molecule has 3 heterocycles. The van der Waals surface area contributed by atoms with Crippen molar-refractivity contribution in [1.29, 1.82) is 0 Å². The zero-order chi connectivity index (χ0) is 26.2. The molecule has 38 heavy (non-hydrogen) atoms. The lowest BCUT2D eigenvalue weighted by atomic mass is 10.0. The lowest BCUT2D eigenvalue weighted by molar-refractivity contribution is 0.0899. The van der Waals surface area contributed by atoms with Crippen LogP contribution in [0.5, 0.6) is 5.75 Å². The van der Waals surface area contributed by atoms with Crippen molar-refractivity contribution in [2.24, 2.45) is 0 Å². The van der Waals surface area contributed by atoms with Gasteiger partial charge in [-0.3, -0.25) is 14.8 Å². The Bertz CT molecular complexity index is 1640. The number of hydrogen-bond acceptors (Lipinski definition) is 6. The van der Waals surface area contributed by atoms with E-state index in [0.29, 0.717) is 41.4 Å². The third-order valence-corrected chi connectivity index (χ3v) is 7.11. The first-order valence-corrected chi connectivity index (χ1v) is 12.7. The van der Waals surface area contributed by atoms with E-state index in [0.717, 1.165) is 47.1 Å². The Morgan fingerprint density at radius 1 is 1.24 bits per heavy atom. The van der Waals surface area contributed by atoms with E-state index < -0.39 is 0 Å². The molecule has 0 unspecified atom stereocenters. The van der Waals surface area contributed by atoms with Crippen LogP contribution in [0.4, 0.5) is 4.39 Å². The maximum Gasteiger partial charge on any atom is 0.251 e. The number of ether oxygens (including phenoxy) is 1. The number of nitrogens with zero attached hydrogens (tertiary/aromatic N) is 3. The molecular weight excluding hydrogens is 485 g/mol. The maximum atomic E-state index is 14.5. The largest absolute Gasteiger partial charge is 0.496 e. The van der Waals surface area contributed by atoms with Crippen molar-refractivity contribution < 1.29 is 18.3 Å². The molecular formula is C29H28FN5O3. The van der Waals surface area contributed by atoms with E-state index in [1.165, 1.54) is 6.07 Å². The summed E-state index contributed by atoms with van der Waals surface area (Å²) in [6.07, 6.45) is 1.78. The predicted octanol–water partition coefficient (Wildman–Crippen LogP) is 5.22. The van der Waals surface area contributed by atoms with Crippen LogP contribution in [0.15, 0.2) is 59.0 Å².